The van der Waals surface area contributed by atoms with E-state index in [1.54, 1.807) is 0 Å². The lowest BCUT2D eigenvalue weighted by Gasteiger charge is -2.25. The maximum Gasteiger partial charge on any atom is 0.0198 e. The predicted molar refractivity (Wildman–Crippen MR) is 49.9 cm³/mol. The molecule has 0 aromatic rings. The average molecular weight is 236 g/mol. The van der Waals surface area contributed by atoms with E-state index in [2.05, 4.69) is 48.6 Å². The fraction of sp³-hybridized carbons (Fsp3) is 0.750. The molecule has 9 heavy (non-hydrogen) atoms. The summed E-state index contributed by atoms with van der Waals surface area (Å²) in [6.45, 7) is 4.63. The maximum atomic E-state index is 2.56. The SMILES string of the molecule is CC1C=CCC(C)C1I. The molecule has 0 bridgehead atoms. The summed E-state index contributed by atoms with van der Waals surface area (Å²) in [7, 11) is 0. The second kappa shape index (κ2) is 3.04. The first-order valence-corrected chi connectivity index (χ1v) is 4.77. The monoisotopic (exact) mass is 236 g/mol. The van der Waals surface area contributed by atoms with E-state index in [0.29, 0.717) is 0 Å². The third-order valence-corrected chi connectivity index (χ3v) is 4.36. The van der Waals surface area contributed by atoms with Crippen molar-refractivity contribution in [3.05, 3.63) is 12.2 Å². The molecule has 0 aromatic heterocycles. The molecule has 1 rings (SSSR count). The number of alkyl halides is 1. The van der Waals surface area contributed by atoms with E-state index < -0.39 is 0 Å². The molecule has 0 saturated heterocycles. The van der Waals surface area contributed by atoms with Gasteiger partial charge in [0.15, 0.2) is 0 Å². The van der Waals surface area contributed by atoms with Crippen LogP contribution in [0.1, 0.15) is 20.3 Å². The van der Waals surface area contributed by atoms with Crippen molar-refractivity contribution in [1.29, 1.82) is 0 Å². The Labute approximate surface area is 70.9 Å². The molecular weight excluding hydrogens is 223 g/mol. The van der Waals surface area contributed by atoms with Gasteiger partial charge in [0.05, 0.1) is 0 Å². The second-order valence-electron chi connectivity index (χ2n) is 2.94. The van der Waals surface area contributed by atoms with Crippen LogP contribution in [0.15, 0.2) is 12.2 Å². The van der Waals surface area contributed by atoms with Gasteiger partial charge in [-0.15, -0.1) is 0 Å². The van der Waals surface area contributed by atoms with Crippen LogP contribution >= 0.6 is 22.6 Å². The molecule has 0 heterocycles. The van der Waals surface area contributed by atoms with E-state index in [9.17, 15) is 0 Å². The Bertz CT molecular complexity index is 118. The van der Waals surface area contributed by atoms with Gasteiger partial charge in [-0.05, 0) is 18.3 Å². The smallest absolute Gasteiger partial charge is 0.0198 e. The molecule has 52 valence electrons. The van der Waals surface area contributed by atoms with Gasteiger partial charge in [0.2, 0.25) is 0 Å². The largest absolute Gasteiger partial charge is 0.0879 e. The molecule has 0 radical (unpaired) electrons. The van der Waals surface area contributed by atoms with Gasteiger partial charge in [0.25, 0.3) is 0 Å². The number of halogens is 1. The number of rotatable bonds is 0. The molecule has 3 atom stereocenters. The molecule has 1 heteroatoms. The highest BCUT2D eigenvalue weighted by Crippen LogP contribution is 2.29. The summed E-state index contributed by atoms with van der Waals surface area (Å²) in [6.07, 6.45) is 5.92. The van der Waals surface area contributed by atoms with E-state index in [1.165, 1.54) is 6.42 Å². The summed E-state index contributed by atoms with van der Waals surface area (Å²) in [6, 6.07) is 0. The van der Waals surface area contributed by atoms with Gasteiger partial charge >= 0.3 is 0 Å². The van der Waals surface area contributed by atoms with Crippen LogP contribution in [-0.4, -0.2) is 3.92 Å². The Morgan fingerprint density at radius 1 is 1.44 bits per heavy atom. The molecule has 0 nitrogen and oxygen atoms in total. The van der Waals surface area contributed by atoms with Crippen molar-refractivity contribution in [1.82, 2.24) is 0 Å². The van der Waals surface area contributed by atoms with Gasteiger partial charge in [-0.1, -0.05) is 48.6 Å². The zero-order valence-corrected chi connectivity index (χ0v) is 8.13. The predicted octanol–water partition coefficient (Wildman–Crippen LogP) is 3.02. The fourth-order valence-electron chi connectivity index (χ4n) is 1.26. The van der Waals surface area contributed by atoms with Crippen molar-refractivity contribution in [3.8, 4) is 0 Å². The minimum Gasteiger partial charge on any atom is -0.0879 e. The summed E-state index contributed by atoms with van der Waals surface area (Å²) in [5, 5.41) is 0. The molecular formula is C8H13I. The van der Waals surface area contributed by atoms with Crippen molar-refractivity contribution in [2.75, 3.05) is 0 Å². The zero-order chi connectivity index (χ0) is 6.85. The topological polar surface area (TPSA) is 0 Å². The summed E-state index contributed by atoms with van der Waals surface area (Å²) < 4.78 is 0.854. The van der Waals surface area contributed by atoms with E-state index in [1.807, 2.05) is 0 Å². The van der Waals surface area contributed by atoms with Crippen LogP contribution < -0.4 is 0 Å². The molecule has 1 aliphatic rings. The molecule has 0 spiro atoms. The third-order valence-electron chi connectivity index (χ3n) is 1.99. The van der Waals surface area contributed by atoms with Gasteiger partial charge in [-0.2, -0.15) is 0 Å². The molecule has 1 aliphatic carbocycles. The lowest BCUT2D eigenvalue weighted by atomic mass is 9.89. The van der Waals surface area contributed by atoms with E-state index in [0.717, 1.165) is 15.8 Å². The van der Waals surface area contributed by atoms with Crippen LogP contribution in [0.3, 0.4) is 0 Å². The van der Waals surface area contributed by atoms with Crippen LogP contribution in [0.25, 0.3) is 0 Å². The summed E-state index contributed by atoms with van der Waals surface area (Å²) in [5.74, 6) is 1.67. The Kier molecular flexibility index (Phi) is 2.56. The lowest BCUT2D eigenvalue weighted by molar-refractivity contribution is 0.482. The normalized spacial score (nSPS) is 43.2. The Balaban J connectivity index is 2.58. The standard InChI is InChI=1S/C8H13I/c1-6-4-3-5-7(2)8(6)9/h3-4,6-8H,5H2,1-2H3. The second-order valence-corrected chi connectivity index (χ2v) is 4.38. The molecule has 0 fully saturated rings. The van der Waals surface area contributed by atoms with Crippen molar-refractivity contribution in [2.24, 2.45) is 11.8 Å². The fourth-order valence-corrected chi connectivity index (χ4v) is 1.80. The number of allylic oxidation sites excluding steroid dienone is 2. The van der Waals surface area contributed by atoms with Crippen LogP contribution in [0.2, 0.25) is 0 Å². The summed E-state index contributed by atoms with van der Waals surface area (Å²) >= 11 is 2.56. The van der Waals surface area contributed by atoms with Crippen LogP contribution in [0.4, 0.5) is 0 Å². The third kappa shape index (κ3) is 1.69. The van der Waals surface area contributed by atoms with Gasteiger partial charge in [0.1, 0.15) is 0 Å². The van der Waals surface area contributed by atoms with Gasteiger partial charge in [-0.25, -0.2) is 0 Å². The van der Waals surface area contributed by atoms with Crippen molar-refractivity contribution < 1.29 is 0 Å². The summed E-state index contributed by atoms with van der Waals surface area (Å²) in [4.78, 5) is 0. The van der Waals surface area contributed by atoms with Crippen LogP contribution in [0, 0.1) is 11.8 Å². The highest BCUT2D eigenvalue weighted by molar-refractivity contribution is 14.1. The first-order valence-electron chi connectivity index (χ1n) is 3.52. The van der Waals surface area contributed by atoms with E-state index >= 15 is 0 Å². The van der Waals surface area contributed by atoms with Crippen molar-refractivity contribution >= 4 is 22.6 Å². The van der Waals surface area contributed by atoms with E-state index in [4.69, 9.17) is 0 Å². The highest BCUT2D eigenvalue weighted by Gasteiger charge is 2.20. The lowest BCUT2D eigenvalue weighted by Crippen LogP contribution is -2.20. The Morgan fingerprint density at radius 2 is 2.11 bits per heavy atom. The summed E-state index contributed by atoms with van der Waals surface area (Å²) in [5.41, 5.74) is 0. The first-order chi connectivity index (χ1) is 4.22. The van der Waals surface area contributed by atoms with Gasteiger partial charge in [0, 0.05) is 3.92 Å². The van der Waals surface area contributed by atoms with Crippen molar-refractivity contribution in [3.63, 3.8) is 0 Å². The molecule has 0 amide bonds. The van der Waals surface area contributed by atoms with Gasteiger partial charge < -0.3 is 0 Å². The zero-order valence-electron chi connectivity index (χ0n) is 5.97. The Hall–Kier alpha value is 0.470. The van der Waals surface area contributed by atoms with Crippen LogP contribution in [0.5, 0.6) is 0 Å². The first kappa shape index (κ1) is 7.58. The minimum absolute atomic E-state index is 0.786. The molecule has 0 saturated carbocycles. The quantitative estimate of drug-likeness (QED) is 0.344. The van der Waals surface area contributed by atoms with E-state index in [-0.39, 0.29) is 0 Å². The van der Waals surface area contributed by atoms with Crippen LogP contribution in [-0.2, 0) is 0 Å². The molecule has 0 aromatic carbocycles. The molecule has 0 aliphatic heterocycles. The molecule has 0 N–H and O–H groups in total. The Morgan fingerprint density at radius 3 is 2.56 bits per heavy atom. The highest BCUT2D eigenvalue weighted by atomic mass is 127. The maximum absolute atomic E-state index is 2.56. The minimum atomic E-state index is 0.786. The molecule has 3 unspecified atom stereocenters. The van der Waals surface area contributed by atoms with Gasteiger partial charge in [-0.3, -0.25) is 0 Å². The van der Waals surface area contributed by atoms with Crippen molar-refractivity contribution in [2.45, 2.75) is 24.2 Å². The number of hydrogen-bond donors (Lipinski definition) is 0. The number of hydrogen-bond acceptors (Lipinski definition) is 0. The average Bonchev–Trinajstić information content (AvgIpc) is 1.83.